The molecule has 108 valence electrons. The second-order valence-electron chi connectivity index (χ2n) is 4.56. The molecule has 1 heterocycles. The fourth-order valence-electron chi connectivity index (χ4n) is 2.08. The van der Waals surface area contributed by atoms with Crippen molar-refractivity contribution in [3.05, 3.63) is 77.6 Å². The van der Waals surface area contributed by atoms with E-state index in [4.69, 9.17) is 5.11 Å². The van der Waals surface area contributed by atoms with Crippen LogP contribution in [-0.2, 0) is 0 Å². The van der Waals surface area contributed by atoms with Crippen molar-refractivity contribution in [3.8, 4) is 5.69 Å². The number of hydrogen-bond acceptors (Lipinski definition) is 4. The number of carboxylic acid groups (broad SMARTS) is 1. The first-order valence-corrected chi connectivity index (χ1v) is 6.51. The van der Waals surface area contributed by atoms with E-state index in [2.05, 4.69) is 10.3 Å². The van der Waals surface area contributed by atoms with Gasteiger partial charge in [0.15, 0.2) is 5.69 Å². The molecule has 0 aliphatic carbocycles. The number of rotatable bonds is 4. The van der Waals surface area contributed by atoms with Gasteiger partial charge in [0.25, 0.3) is 0 Å². The molecule has 2 aromatic carbocycles. The van der Waals surface area contributed by atoms with Gasteiger partial charge < -0.3 is 5.11 Å². The largest absolute Gasteiger partial charge is 0.478 e. The second-order valence-corrected chi connectivity index (χ2v) is 4.56. The zero-order valence-corrected chi connectivity index (χ0v) is 11.4. The first kappa shape index (κ1) is 13.7. The van der Waals surface area contributed by atoms with Crippen LogP contribution in [0.15, 0.2) is 60.8 Å². The molecule has 0 aliphatic rings. The molecule has 3 rings (SSSR count). The van der Waals surface area contributed by atoms with Gasteiger partial charge in [-0.05, 0) is 18.2 Å². The van der Waals surface area contributed by atoms with Crippen LogP contribution in [0, 0.1) is 0 Å². The fourth-order valence-corrected chi connectivity index (χ4v) is 2.08. The van der Waals surface area contributed by atoms with Gasteiger partial charge >= 0.3 is 5.97 Å². The molecule has 22 heavy (non-hydrogen) atoms. The molecular formula is C16H11N3O3. The van der Waals surface area contributed by atoms with E-state index in [1.807, 2.05) is 30.3 Å². The Labute approximate surface area is 125 Å². The molecule has 0 saturated carbocycles. The standard InChI is InChI=1S/C16H11N3O3/c20-15(12-8-4-5-9-13(12)16(21)22)14-10-19(18-17-14)11-6-2-1-3-7-11/h1-10H,(H,21,22). The van der Waals surface area contributed by atoms with Crippen LogP contribution in [0.1, 0.15) is 26.4 Å². The third-order valence-corrected chi connectivity index (χ3v) is 3.15. The SMILES string of the molecule is O=C(O)c1ccccc1C(=O)c1cn(-c2ccccc2)nn1. The van der Waals surface area contributed by atoms with Gasteiger partial charge in [0.1, 0.15) is 0 Å². The summed E-state index contributed by atoms with van der Waals surface area (Å²) < 4.78 is 1.47. The summed E-state index contributed by atoms with van der Waals surface area (Å²) in [7, 11) is 0. The zero-order chi connectivity index (χ0) is 15.5. The highest BCUT2D eigenvalue weighted by molar-refractivity contribution is 6.13. The Morgan fingerprint density at radius 3 is 2.23 bits per heavy atom. The maximum absolute atomic E-state index is 12.4. The van der Waals surface area contributed by atoms with Crippen LogP contribution >= 0.6 is 0 Å². The lowest BCUT2D eigenvalue weighted by Gasteiger charge is -2.02. The van der Waals surface area contributed by atoms with Crippen LogP contribution in [0.25, 0.3) is 5.69 Å². The summed E-state index contributed by atoms with van der Waals surface area (Å²) in [6.45, 7) is 0. The van der Waals surface area contributed by atoms with Crippen LogP contribution in [0.4, 0.5) is 0 Å². The third kappa shape index (κ3) is 2.49. The van der Waals surface area contributed by atoms with Gasteiger partial charge in [0.2, 0.25) is 5.78 Å². The molecule has 3 aromatic rings. The number of carbonyl (C=O) groups excluding carboxylic acids is 1. The van der Waals surface area contributed by atoms with E-state index in [1.54, 1.807) is 12.1 Å². The highest BCUT2D eigenvalue weighted by Crippen LogP contribution is 2.14. The molecule has 0 amide bonds. The minimum atomic E-state index is -1.15. The van der Waals surface area contributed by atoms with Crippen LogP contribution in [0.2, 0.25) is 0 Å². The molecule has 0 spiro atoms. The van der Waals surface area contributed by atoms with E-state index in [9.17, 15) is 9.59 Å². The Kier molecular flexibility index (Phi) is 3.49. The highest BCUT2D eigenvalue weighted by atomic mass is 16.4. The first-order valence-electron chi connectivity index (χ1n) is 6.51. The van der Waals surface area contributed by atoms with Gasteiger partial charge in [-0.15, -0.1) is 5.10 Å². The molecule has 0 fully saturated rings. The Morgan fingerprint density at radius 2 is 1.55 bits per heavy atom. The van der Waals surface area contributed by atoms with Gasteiger partial charge in [0, 0.05) is 5.56 Å². The molecule has 0 atom stereocenters. The van der Waals surface area contributed by atoms with Gasteiger partial charge in [-0.25, -0.2) is 9.48 Å². The molecule has 1 aromatic heterocycles. The maximum Gasteiger partial charge on any atom is 0.336 e. The van der Waals surface area contributed by atoms with Crippen molar-refractivity contribution in [1.29, 1.82) is 0 Å². The lowest BCUT2D eigenvalue weighted by atomic mass is 10.0. The number of aromatic nitrogens is 3. The van der Waals surface area contributed by atoms with Crippen molar-refractivity contribution in [3.63, 3.8) is 0 Å². The van der Waals surface area contributed by atoms with Crippen molar-refractivity contribution in [2.24, 2.45) is 0 Å². The van der Waals surface area contributed by atoms with E-state index >= 15 is 0 Å². The Balaban J connectivity index is 1.98. The van der Waals surface area contributed by atoms with E-state index in [0.717, 1.165) is 5.69 Å². The Morgan fingerprint density at radius 1 is 0.909 bits per heavy atom. The fraction of sp³-hybridized carbons (Fsp3) is 0. The molecule has 6 heteroatoms. The van der Waals surface area contributed by atoms with Crippen molar-refractivity contribution in [1.82, 2.24) is 15.0 Å². The molecule has 0 unspecified atom stereocenters. The predicted octanol–water partition coefficient (Wildman–Crippen LogP) is 2.20. The quantitative estimate of drug-likeness (QED) is 0.745. The predicted molar refractivity (Wildman–Crippen MR) is 78.2 cm³/mol. The number of aromatic carboxylic acids is 1. The molecule has 0 bridgehead atoms. The molecular weight excluding hydrogens is 282 g/mol. The van der Waals surface area contributed by atoms with Crippen molar-refractivity contribution in [2.45, 2.75) is 0 Å². The second kappa shape index (κ2) is 5.61. The summed E-state index contributed by atoms with van der Waals surface area (Å²) in [6.07, 6.45) is 1.48. The maximum atomic E-state index is 12.4. The number of nitrogens with zero attached hydrogens (tertiary/aromatic N) is 3. The number of hydrogen-bond donors (Lipinski definition) is 1. The lowest BCUT2D eigenvalue weighted by molar-refractivity contribution is 0.0692. The Hall–Kier alpha value is -3.28. The summed E-state index contributed by atoms with van der Waals surface area (Å²) >= 11 is 0. The number of ketones is 1. The summed E-state index contributed by atoms with van der Waals surface area (Å²) in [6, 6.07) is 15.3. The van der Waals surface area contributed by atoms with Gasteiger partial charge in [-0.2, -0.15) is 0 Å². The van der Waals surface area contributed by atoms with Crippen LogP contribution in [0.3, 0.4) is 0 Å². The minimum absolute atomic E-state index is 0.0539. The summed E-state index contributed by atoms with van der Waals surface area (Å²) in [4.78, 5) is 23.6. The van der Waals surface area contributed by atoms with E-state index in [0.29, 0.717) is 0 Å². The zero-order valence-electron chi connectivity index (χ0n) is 11.4. The number of benzene rings is 2. The minimum Gasteiger partial charge on any atom is -0.478 e. The Bertz CT molecular complexity index is 841. The number of carboxylic acids is 1. The van der Waals surface area contributed by atoms with Crippen LogP contribution in [-0.4, -0.2) is 31.9 Å². The molecule has 0 radical (unpaired) electrons. The topological polar surface area (TPSA) is 85.1 Å². The molecule has 6 nitrogen and oxygen atoms in total. The molecule has 0 saturated heterocycles. The normalized spacial score (nSPS) is 10.4. The van der Waals surface area contributed by atoms with Crippen molar-refractivity contribution >= 4 is 11.8 Å². The number of carbonyl (C=O) groups is 2. The summed E-state index contributed by atoms with van der Waals surface area (Å²) in [5.41, 5.74) is 0.898. The van der Waals surface area contributed by atoms with Crippen molar-refractivity contribution < 1.29 is 14.7 Å². The average molecular weight is 293 g/mol. The van der Waals surface area contributed by atoms with Crippen LogP contribution in [0.5, 0.6) is 0 Å². The van der Waals surface area contributed by atoms with Gasteiger partial charge in [-0.1, -0.05) is 41.6 Å². The highest BCUT2D eigenvalue weighted by Gasteiger charge is 2.20. The van der Waals surface area contributed by atoms with Crippen LogP contribution < -0.4 is 0 Å². The number of para-hydroxylation sites is 1. The van der Waals surface area contributed by atoms with Gasteiger partial charge in [0.05, 0.1) is 17.4 Å². The summed E-state index contributed by atoms with van der Waals surface area (Å²) in [5, 5.41) is 16.9. The van der Waals surface area contributed by atoms with E-state index < -0.39 is 11.8 Å². The van der Waals surface area contributed by atoms with Crippen molar-refractivity contribution in [2.75, 3.05) is 0 Å². The van der Waals surface area contributed by atoms with E-state index in [1.165, 1.54) is 23.0 Å². The third-order valence-electron chi connectivity index (χ3n) is 3.15. The molecule has 1 N–H and O–H groups in total. The lowest BCUT2D eigenvalue weighted by Crippen LogP contribution is -2.09. The monoisotopic (exact) mass is 293 g/mol. The molecule has 0 aliphatic heterocycles. The average Bonchev–Trinajstić information content (AvgIpc) is 3.05. The smallest absolute Gasteiger partial charge is 0.336 e. The van der Waals surface area contributed by atoms with E-state index in [-0.39, 0.29) is 16.8 Å². The summed E-state index contributed by atoms with van der Waals surface area (Å²) in [5.74, 6) is -1.63. The first-order chi connectivity index (χ1) is 10.7. The van der Waals surface area contributed by atoms with Gasteiger partial charge in [-0.3, -0.25) is 4.79 Å².